The maximum absolute atomic E-state index is 13.8. The van der Waals surface area contributed by atoms with E-state index < -0.39 is 46.3 Å². The lowest BCUT2D eigenvalue weighted by Gasteiger charge is -2.23. The summed E-state index contributed by atoms with van der Waals surface area (Å²) < 4.78 is 46.9. The molecule has 0 unspecified atom stereocenters. The predicted octanol–water partition coefficient (Wildman–Crippen LogP) is 5.78. The maximum atomic E-state index is 13.8. The molecule has 0 heterocycles. The van der Waals surface area contributed by atoms with E-state index in [2.05, 4.69) is 5.32 Å². The van der Waals surface area contributed by atoms with Crippen molar-refractivity contribution in [2.24, 2.45) is 5.73 Å². The summed E-state index contributed by atoms with van der Waals surface area (Å²) in [6, 6.07) is 19.6. The molecule has 1 atom stereocenters. The molecule has 10 heteroatoms. The number of halogens is 4. The third-order valence-corrected chi connectivity index (χ3v) is 5.77. The number of alkyl halides is 3. The molecule has 0 aliphatic heterocycles. The highest BCUT2D eigenvalue weighted by Gasteiger charge is 2.39. The molecule has 0 spiro atoms. The maximum Gasteiger partial charge on any atom is 0.421 e. The monoisotopic (exact) mass is 520 g/mol. The van der Waals surface area contributed by atoms with Crippen LogP contribution < -0.4 is 15.8 Å². The lowest BCUT2D eigenvalue weighted by atomic mass is 9.98. The van der Waals surface area contributed by atoms with E-state index in [0.29, 0.717) is 6.42 Å². The molecule has 0 radical (unpaired) electrons. The van der Waals surface area contributed by atoms with E-state index in [0.717, 1.165) is 35.7 Å². The van der Waals surface area contributed by atoms with Crippen LogP contribution in [0.2, 0.25) is 5.02 Å². The van der Waals surface area contributed by atoms with Gasteiger partial charge in [0.2, 0.25) is 5.91 Å². The number of ether oxygens (including phenoxy) is 1. The zero-order valence-corrected chi connectivity index (χ0v) is 20.0. The van der Waals surface area contributed by atoms with Crippen LogP contribution in [-0.4, -0.2) is 29.1 Å². The average Bonchev–Trinajstić information content (AvgIpc) is 2.80. The van der Waals surface area contributed by atoms with Crippen LogP contribution in [-0.2, 0) is 22.2 Å². The molecule has 6 nitrogen and oxygen atoms in total. The minimum atomic E-state index is -4.88. The number of carbonyl (C=O) groups excluding carboxylic acids is 1. The van der Waals surface area contributed by atoms with Gasteiger partial charge in [-0.1, -0.05) is 66.2 Å². The first-order valence-electron chi connectivity index (χ1n) is 10.9. The van der Waals surface area contributed by atoms with Crippen LogP contribution in [0.5, 0.6) is 5.75 Å². The molecule has 0 saturated heterocycles. The molecule has 3 rings (SSSR count). The number of carboxylic acid groups (broad SMARTS) is 1. The van der Waals surface area contributed by atoms with Gasteiger partial charge in [0.15, 0.2) is 0 Å². The number of aliphatic carboxylic acids is 1. The molecular weight excluding hydrogens is 497 g/mol. The number of amides is 1. The Morgan fingerprint density at radius 1 is 1.00 bits per heavy atom. The molecule has 4 N–H and O–H groups in total. The third-order valence-electron chi connectivity index (χ3n) is 5.38. The SMILES string of the molecule is C[C@](N)(CC(=O)O)C(=O)Nc1ccc(OCCc2ccc(-c3ccccc3)cc2)c(C(F)(F)F)c1Cl. The quantitative estimate of drug-likeness (QED) is 0.332. The van der Waals surface area contributed by atoms with Crippen molar-refractivity contribution in [2.75, 3.05) is 11.9 Å². The van der Waals surface area contributed by atoms with Gasteiger partial charge in [0, 0.05) is 6.42 Å². The normalized spacial score (nSPS) is 13.1. The molecule has 1 amide bonds. The van der Waals surface area contributed by atoms with E-state index in [1.807, 2.05) is 54.6 Å². The fourth-order valence-electron chi connectivity index (χ4n) is 3.47. The first-order chi connectivity index (χ1) is 16.9. The van der Waals surface area contributed by atoms with Gasteiger partial charge in [-0.25, -0.2) is 0 Å². The summed E-state index contributed by atoms with van der Waals surface area (Å²) in [5.74, 6) is -2.82. The van der Waals surface area contributed by atoms with Gasteiger partial charge in [-0.3, -0.25) is 9.59 Å². The van der Waals surface area contributed by atoms with Gasteiger partial charge in [-0.05, 0) is 35.7 Å². The lowest BCUT2D eigenvalue weighted by Crippen LogP contribution is -2.50. The molecular formula is C26H24ClF3N2O4. The Labute approximate surface area is 210 Å². The zero-order chi connectivity index (χ0) is 26.5. The molecule has 0 saturated carbocycles. The molecule has 3 aromatic carbocycles. The first kappa shape index (κ1) is 27.0. The largest absolute Gasteiger partial charge is 0.493 e. The minimum Gasteiger partial charge on any atom is -0.493 e. The fourth-order valence-corrected chi connectivity index (χ4v) is 3.78. The van der Waals surface area contributed by atoms with E-state index in [-0.39, 0.29) is 12.3 Å². The summed E-state index contributed by atoms with van der Waals surface area (Å²) in [5, 5.41) is 10.3. The van der Waals surface area contributed by atoms with Gasteiger partial charge < -0.3 is 20.9 Å². The fraction of sp³-hybridized carbons (Fsp3) is 0.231. The number of nitrogens with two attached hydrogens (primary N) is 1. The second-order valence-electron chi connectivity index (χ2n) is 8.40. The Morgan fingerprint density at radius 2 is 1.61 bits per heavy atom. The second-order valence-corrected chi connectivity index (χ2v) is 8.78. The Bertz CT molecular complexity index is 1230. The van der Waals surface area contributed by atoms with E-state index in [1.54, 1.807) is 0 Å². The Kier molecular flexibility index (Phi) is 8.27. The first-order valence-corrected chi connectivity index (χ1v) is 11.3. The van der Waals surface area contributed by atoms with Crippen molar-refractivity contribution < 1.29 is 32.6 Å². The van der Waals surface area contributed by atoms with E-state index in [4.69, 9.17) is 27.2 Å². The number of carbonyl (C=O) groups is 2. The Hall–Kier alpha value is -3.56. The van der Waals surface area contributed by atoms with Crippen molar-refractivity contribution in [1.29, 1.82) is 0 Å². The van der Waals surface area contributed by atoms with Gasteiger partial charge in [0.1, 0.15) is 16.9 Å². The van der Waals surface area contributed by atoms with Crippen LogP contribution in [0.1, 0.15) is 24.5 Å². The third kappa shape index (κ3) is 6.77. The van der Waals surface area contributed by atoms with E-state index in [1.165, 1.54) is 0 Å². The average molecular weight is 521 g/mol. The molecule has 0 aromatic heterocycles. The van der Waals surface area contributed by atoms with Crippen molar-refractivity contribution in [3.63, 3.8) is 0 Å². The summed E-state index contributed by atoms with van der Waals surface area (Å²) in [6.45, 7) is 1.11. The Morgan fingerprint density at radius 3 is 2.19 bits per heavy atom. The van der Waals surface area contributed by atoms with Crippen molar-refractivity contribution in [3.8, 4) is 16.9 Å². The van der Waals surface area contributed by atoms with Crippen LogP contribution in [0, 0.1) is 0 Å². The zero-order valence-electron chi connectivity index (χ0n) is 19.2. The van der Waals surface area contributed by atoms with E-state index >= 15 is 0 Å². The number of rotatable bonds is 9. The van der Waals surface area contributed by atoms with Crippen molar-refractivity contribution >= 4 is 29.2 Å². The number of hydrogen-bond donors (Lipinski definition) is 3. The van der Waals surface area contributed by atoms with Gasteiger partial charge >= 0.3 is 12.1 Å². The summed E-state index contributed by atoms with van der Waals surface area (Å²) in [4.78, 5) is 23.2. The molecule has 0 aliphatic carbocycles. The smallest absolute Gasteiger partial charge is 0.421 e. The van der Waals surface area contributed by atoms with Crippen molar-refractivity contribution in [3.05, 3.63) is 82.9 Å². The number of carboxylic acids is 1. The van der Waals surface area contributed by atoms with Gasteiger partial charge in [0.25, 0.3) is 0 Å². The van der Waals surface area contributed by atoms with Crippen LogP contribution in [0.15, 0.2) is 66.7 Å². The highest BCUT2D eigenvalue weighted by molar-refractivity contribution is 6.35. The van der Waals surface area contributed by atoms with Crippen LogP contribution >= 0.6 is 11.6 Å². The lowest BCUT2D eigenvalue weighted by molar-refractivity contribution is -0.140. The summed E-state index contributed by atoms with van der Waals surface area (Å²) in [7, 11) is 0. The topological polar surface area (TPSA) is 102 Å². The van der Waals surface area contributed by atoms with Crippen molar-refractivity contribution in [1.82, 2.24) is 0 Å². The highest BCUT2D eigenvalue weighted by atomic mass is 35.5. The summed E-state index contributed by atoms with van der Waals surface area (Å²) in [5.41, 5.74) is 5.16. The molecule has 190 valence electrons. The van der Waals surface area contributed by atoms with Crippen LogP contribution in [0.4, 0.5) is 18.9 Å². The number of hydrogen-bond acceptors (Lipinski definition) is 4. The van der Waals surface area contributed by atoms with Crippen molar-refractivity contribution in [2.45, 2.75) is 31.5 Å². The summed E-state index contributed by atoms with van der Waals surface area (Å²) in [6.07, 6.45) is -5.25. The van der Waals surface area contributed by atoms with Crippen LogP contribution in [0.25, 0.3) is 11.1 Å². The predicted molar refractivity (Wildman–Crippen MR) is 131 cm³/mol. The number of nitrogens with one attached hydrogen (secondary N) is 1. The summed E-state index contributed by atoms with van der Waals surface area (Å²) >= 11 is 6.00. The number of benzene rings is 3. The van der Waals surface area contributed by atoms with Gasteiger partial charge in [0.05, 0.1) is 23.7 Å². The molecule has 0 bridgehead atoms. The molecule has 0 fully saturated rings. The van der Waals surface area contributed by atoms with Gasteiger partial charge in [-0.15, -0.1) is 0 Å². The Balaban J connectivity index is 1.73. The van der Waals surface area contributed by atoms with E-state index in [9.17, 15) is 22.8 Å². The second kappa shape index (κ2) is 11.0. The molecule has 36 heavy (non-hydrogen) atoms. The van der Waals surface area contributed by atoms with Crippen LogP contribution in [0.3, 0.4) is 0 Å². The molecule has 0 aliphatic rings. The standard InChI is InChI=1S/C26H24ClF3N2O4/c1-25(31,15-21(33)34)24(35)32-19-11-12-20(22(23(19)27)26(28,29)30)36-14-13-16-7-9-18(10-8-16)17-5-3-2-4-6-17/h2-12H,13-15,31H2,1H3,(H,32,35)(H,33,34)/t25-/m0/s1. The van der Waals surface area contributed by atoms with Gasteiger partial charge in [-0.2, -0.15) is 13.2 Å². The minimum absolute atomic E-state index is 0.0463. The molecule has 3 aromatic rings. The highest BCUT2D eigenvalue weighted by Crippen LogP contribution is 2.44. The number of anilines is 1.